The van der Waals surface area contributed by atoms with Crippen molar-refractivity contribution in [3.63, 3.8) is 0 Å². The number of anilines is 1. The summed E-state index contributed by atoms with van der Waals surface area (Å²) < 4.78 is 44.9. The standard InChI is InChI=1S/C21H25F3N4O2.HI/c1-13(14-4-6-15(30-3)7-5-14)10-11-26-21(25-2)27-12-18(29)28-17-9-8-16(22)19(23)20(17)24;/h4-9,13H,10-12H2,1-3H3,(H,28,29)(H2,25,26,27);1H. The summed E-state index contributed by atoms with van der Waals surface area (Å²) >= 11 is 0. The van der Waals surface area contributed by atoms with Gasteiger partial charge in [-0.05, 0) is 42.2 Å². The van der Waals surface area contributed by atoms with E-state index < -0.39 is 29.0 Å². The summed E-state index contributed by atoms with van der Waals surface area (Å²) in [5.74, 6) is -3.55. The molecule has 0 fully saturated rings. The smallest absolute Gasteiger partial charge is 0.243 e. The molecule has 6 nitrogen and oxygen atoms in total. The molecule has 1 amide bonds. The van der Waals surface area contributed by atoms with Crippen LogP contribution in [0.4, 0.5) is 18.9 Å². The Morgan fingerprint density at radius 3 is 2.35 bits per heavy atom. The number of hydrogen-bond donors (Lipinski definition) is 3. The highest BCUT2D eigenvalue weighted by molar-refractivity contribution is 14.0. The Hall–Kier alpha value is -2.50. The van der Waals surface area contributed by atoms with Crippen LogP contribution < -0.4 is 20.7 Å². The quantitative estimate of drug-likeness (QED) is 0.201. The summed E-state index contributed by atoms with van der Waals surface area (Å²) in [4.78, 5) is 16.0. The van der Waals surface area contributed by atoms with Gasteiger partial charge in [-0.1, -0.05) is 19.1 Å². The molecule has 2 rings (SSSR count). The lowest BCUT2D eigenvalue weighted by Crippen LogP contribution is -2.42. The Balaban J connectivity index is 0.00000480. The van der Waals surface area contributed by atoms with E-state index in [1.165, 1.54) is 5.56 Å². The molecule has 0 aliphatic heterocycles. The van der Waals surface area contributed by atoms with Crippen LogP contribution in [-0.2, 0) is 4.79 Å². The van der Waals surface area contributed by atoms with E-state index in [0.29, 0.717) is 18.4 Å². The van der Waals surface area contributed by atoms with Crippen LogP contribution in [0, 0.1) is 17.5 Å². The first-order chi connectivity index (χ1) is 14.3. The maximum atomic E-state index is 13.6. The van der Waals surface area contributed by atoms with Crippen molar-refractivity contribution in [1.82, 2.24) is 10.6 Å². The van der Waals surface area contributed by atoms with Gasteiger partial charge >= 0.3 is 0 Å². The zero-order chi connectivity index (χ0) is 22.1. The van der Waals surface area contributed by atoms with Gasteiger partial charge in [0.1, 0.15) is 5.75 Å². The van der Waals surface area contributed by atoms with E-state index >= 15 is 0 Å². The van der Waals surface area contributed by atoms with Gasteiger partial charge in [0, 0.05) is 13.6 Å². The first-order valence-corrected chi connectivity index (χ1v) is 9.37. The number of rotatable bonds is 8. The fraction of sp³-hybridized carbons (Fsp3) is 0.333. The second-order valence-corrected chi connectivity index (χ2v) is 6.59. The lowest BCUT2D eigenvalue weighted by atomic mass is 9.98. The Kier molecular flexibility index (Phi) is 11.2. The number of ether oxygens (including phenoxy) is 1. The van der Waals surface area contributed by atoms with E-state index in [4.69, 9.17) is 4.74 Å². The van der Waals surface area contributed by atoms with Gasteiger partial charge in [-0.2, -0.15) is 0 Å². The van der Waals surface area contributed by atoms with Gasteiger partial charge in [0.05, 0.1) is 19.3 Å². The Bertz CT molecular complexity index is 895. The van der Waals surface area contributed by atoms with E-state index in [1.807, 2.05) is 24.3 Å². The second-order valence-electron chi connectivity index (χ2n) is 6.59. The molecule has 0 aliphatic rings. The molecule has 0 heterocycles. The highest BCUT2D eigenvalue weighted by Crippen LogP contribution is 2.21. The first kappa shape index (κ1) is 26.5. The SMILES string of the molecule is CN=C(NCCC(C)c1ccc(OC)cc1)NCC(=O)Nc1ccc(F)c(F)c1F.I. The van der Waals surface area contributed by atoms with Crippen LogP contribution >= 0.6 is 24.0 Å². The predicted molar refractivity (Wildman–Crippen MR) is 126 cm³/mol. The zero-order valence-corrected chi connectivity index (χ0v) is 19.8. The average Bonchev–Trinajstić information content (AvgIpc) is 2.76. The molecule has 0 spiro atoms. The first-order valence-electron chi connectivity index (χ1n) is 9.37. The van der Waals surface area contributed by atoms with E-state index in [0.717, 1.165) is 24.3 Å². The molecule has 0 saturated heterocycles. The molecule has 1 atom stereocenters. The number of benzene rings is 2. The maximum Gasteiger partial charge on any atom is 0.243 e. The minimum atomic E-state index is -1.63. The molecular weight excluding hydrogens is 524 g/mol. The topological polar surface area (TPSA) is 74.8 Å². The van der Waals surface area contributed by atoms with Gasteiger partial charge in [0.25, 0.3) is 0 Å². The molecule has 10 heteroatoms. The molecule has 0 radical (unpaired) electrons. The van der Waals surface area contributed by atoms with Crippen LogP contribution in [0.25, 0.3) is 0 Å². The Morgan fingerprint density at radius 2 is 1.74 bits per heavy atom. The van der Waals surface area contributed by atoms with E-state index in [-0.39, 0.29) is 30.5 Å². The lowest BCUT2D eigenvalue weighted by molar-refractivity contribution is -0.115. The van der Waals surface area contributed by atoms with Gasteiger partial charge in [0.2, 0.25) is 5.91 Å². The number of methoxy groups -OCH3 is 1. The molecule has 0 saturated carbocycles. The fourth-order valence-electron chi connectivity index (χ4n) is 2.71. The maximum absolute atomic E-state index is 13.6. The number of carbonyl (C=O) groups excluding carboxylic acids is 1. The molecule has 2 aromatic rings. The molecule has 1 unspecified atom stereocenters. The number of hydrogen-bond acceptors (Lipinski definition) is 3. The van der Waals surface area contributed by atoms with Crippen LogP contribution in [0.15, 0.2) is 41.4 Å². The van der Waals surface area contributed by atoms with Crippen molar-refractivity contribution in [1.29, 1.82) is 0 Å². The number of guanidine groups is 1. The molecule has 170 valence electrons. The third-order valence-corrected chi connectivity index (χ3v) is 4.50. The van der Waals surface area contributed by atoms with Gasteiger partial charge in [-0.15, -0.1) is 24.0 Å². The van der Waals surface area contributed by atoms with Crippen molar-refractivity contribution in [2.75, 3.05) is 32.6 Å². The Morgan fingerprint density at radius 1 is 1.06 bits per heavy atom. The number of nitrogens with one attached hydrogen (secondary N) is 3. The van der Waals surface area contributed by atoms with Crippen molar-refractivity contribution < 1.29 is 22.7 Å². The summed E-state index contributed by atoms with van der Waals surface area (Å²) in [6.07, 6.45) is 0.819. The van der Waals surface area contributed by atoms with Crippen molar-refractivity contribution in [3.8, 4) is 5.75 Å². The van der Waals surface area contributed by atoms with Crippen molar-refractivity contribution >= 4 is 41.5 Å². The molecule has 2 aromatic carbocycles. The van der Waals surface area contributed by atoms with Crippen LogP contribution in [0.2, 0.25) is 0 Å². The number of amides is 1. The number of aliphatic imine (C=N–C) groups is 1. The van der Waals surface area contributed by atoms with Crippen LogP contribution in [0.5, 0.6) is 5.75 Å². The monoisotopic (exact) mass is 550 g/mol. The summed E-state index contributed by atoms with van der Waals surface area (Å²) in [5.41, 5.74) is 0.741. The van der Waals surface area contributed by atoms with Gasteiger partial charge < -0.3 is 20.7 Å². The van der Waals surface area contributed by atoms with Gasteiger partial charge in [-0.3, -0.25) is 9.79 Å². The van der Waals surface area contributed by atoms with E-state index in [1.54, 1.807) is 14.2 Å². The minimum Gasteiger partial charge on any atom is -0.497 e. The summed E-state index contributed by atoms with van der Waals surface area (Å²) in [6, 6.07) is 9.55. The molecule has 31 heavy (non-hydrogen) atoms. The molecule has 0 bridgehead atoms. The van der Waals surface area contributed by atoms with E-state index in [9.17, 15) is 18.0 Å². The largest absolute Gasteiger partial charge is 0.497 e. The highest BCUT2D eigenvalue weighted by Gasteiger charge is 2.15. The average molecular weight is 550 g/mol. The third kappa shape index (κ3) is 7.93. The number of nitrogens with zero attached hydrogens (tertiary/aromatic N) is 1. The van der Waals surface area contributed by atoms with Crippen molar-refractivity contribution in [2.24, 2.45) is 4.99 Å². The molecule has 0 aromatic heterocycles. The van der Waals surface area contributed by atoms with Crippen LogP contribution in [0.3, 0.4) is 0 Å². The normalized spacial score (nSPS) is 11.9. The van der Waals surface area contributed by atoms with Crippen LogP contribution in [-0.4, -0.2) is 39.1 Å². The number of halogens is 4. The highest BCUT2D eigenvalue weighted by atomic mass is 127. The van der Waals surface area contributed by atoms with Crippen molar-refractivity contribution in [2.45, 2.75) is 19.3 Å². The Labute approximate surface area is 196 Å². The van der Waals surface area contributed by atoms with Gasteiger partial charge in [0.15, 0.2) is 23.4 Å². The van der Waals surface area contributed by atoms with E-state index in [2.05, 4.69) is 27.9 Å². The summed E-state index contributed by atoms with van der Waals surface area (Å²) in [7, 11) is 3.17. The van der Waals surface area contributed by atoms with Gasteiger partial charge in [-0.25, -0.2) is 13.2 Å². The lowest BCUT2D eigenvalue weighted by Gasteiger charge is -2.15. The molecule has 3 N–H and O–H groups in total. The minimum absolute atomic E-state index is 0. The predicted octanol–water partition coefficient (Wildman–Crippen LogP) is 4.03. The summed E-state index contributed by atoms with van der Waals surface area (Å²) in [5, 5.41) is 8.06. The third-order valence-electron chi connectivity index (χ3n) is 4.50. The number of carbonyl (C=O) groups is 1. The van der Waals surface area contributed by atoms with Crippen molar-refractivity contribution in [3.05, 3.63) is 59.4 Å². The second kappa shape index (κ2) is 13.0. The zero-order valence-electron chi connectivity index (χ0n) is 17.5. The molecular formula is C21H26F3IN4O2. The van der Waals surface area contributed by atoms with Crippen LogP contribution in [0.1, 0.15) is 24.8 Å². The molecule has 0 aliphatic carbocycles. The summed E-state index contributed by atoms with van der Waals surface area (Å²) in [6.45, 7) is 2.47. The fourth-order valence-corrected chi connectivity index (χ4v) is 2.71.